The Bertz CT molecular complexity index is 244. The van der Waals surface area contributed by atoms with Gasteiger partial charge in [-0.05, 0) is 0 Å². The Balaban J connectivity index is 0. The van der Waals surface area contributed by atoms with Crippen LogP contribution >= 0.6 is 15.2 Å². The van der Waals surface area contributed by atoms with E-state index in [1.165, 1.54) is 0 Å². The molecule has 0 spiro atoms. The smallest absolute Gasteiger partial charge is 0.337 e. The van der Waals surface area contributed by atoms with Crippen LogP contribution < -0.4 is 5.73 Å². The van der Waals surface area contributed by atoms with E-state index in [9.17, 15) is 13.9 Å². The summed E-state index contributed by atoms with van der Waals surface area (Å²) >= 11 is 0. The highest BCUT2D eigenvalue weighted by molar-refractivity contribution is 7.69. The molecule has 86 valence electrons. The average molecular weight is 251 g/mol. The van der Waals surface area contributed by atoms with Gasteiger partial charge in [-0.25, -0.2) is 0 Å². The van der Waals surface area contributed by atoms with Crippen molar-refractivity contribution in [3.8, 4) is 0 Å². The predicted octanol–water partition coefficient (Wildman–Crippen LogP) is -1.67. The van der Waals surface area contributed by atoms with Gasteiger partial charge in [0.25, 0.3) is 0 Å². The first kappa shape index (κ1) is 16.2. The van der Waals surface area contributed by atoms with Crippen molar-refractivity contribution in [2.24, 2.45) is 5.73 Å². The number of carboxylic acid groups (broad SMARTS) is 1. The first-order valence-electron chi connectivity index (χ1n) is 2.99. The highest BCUT2D eigenvalue weighted by Crippen LogP contribution is 2.51. The molecule has 0 rings (SSSR count). The van der Waals surface area contributed by atoms with Gasteiger partial charge in [0.15, 0.2) is 5.90 Å². The van der Waals surface area contributed by atoms with Crippen LogP contribution in [0.3, 0.4) is 0 Å². The second-order valence-electron chi connectivity index (χ2n) is 2.07. The van der Waals surface area contributed by atoms with Gasteiger partial charge in [0.1, 0.15) is 0 Å². The van der Waals surface area contributed by atoms with Gasteiger partial charge in [-0.15, -0.1) is 0 Å². The molecule has 0 aliphatic carbocycles. The largest absolute Gasteiger partial charge is 0.480 e. The van der Waals surface area contributed by atoms with Crippen LogP contribution in [0.15, 0.2) is 0 Å². The van der Waals surface area contributed by atoms with E-state index in [1.54, 1.807) is 0 Å². The maximum absolute atomic E-state index is 9.85. The first-order chi connectivity index (χ1) is 5.98. The number of nitrogens with two attached hydrogens (primary N) is 1. The van der Waals surface area contributed by atoms with Crippen LogP contribution in [0.2, 0.25) is 0 Å². The van der Waals surface area contributed by atoms with Crippen molar-refractivity contribution in [3.05, 3.63) is 0 Å². The molecule has 0 aliphatic rings. The zero-order valence-electron chi connectivity index (χ0n) is 6.85. The quantitative estimate of drug-likeness (QED) is 0.319. The molecular weight excluding hydrogens is 240 g/mol. The van der Waals surface area contributed by atoms with Gasteiger partial charge >= 0.3 is 21.2 Å². The molecule has 0 heterocycles. The lowest BCUT2D eigenvalue weighted by molar-refractivity contribution is -0.135. The molecule has 7 N–H and O–H groups in total. The zero-order chi connectivity index (χ0) is 12.0. The molecule has 9 nitrogen and oxygen atoms in total. The molecule has 14 heavy (non-hydrogen) atoms. The summed E-state index contributed by atoms with van der Waals surface area (Å²) in [7, 11) is -9.10. The van der Waals surface area contributed by atoms with Crippen molar-refractivity contribution in [1.82, 2.24) is 0 Å². The molecule has 0 aromatic heterocycles. The van der Waals surface area contributed by atoms with Crippen LogP contribution in [0.5, 0.6) is 0 Å². The molecule has 0 unspecified atom stereocenters. The number of carboxylic acids is 1. The maximum Gasteiger partial charge on any atom is 0.337 e. The van der Waals surface area contributed by atoms with Gasteiger partial charge in [-0.3, -0.25) is 13.9 Å². The van der Waals surface area contributed by atoms with Crippen molar-refractivity contribution in [1.29, 1.82) is 0 Å². The van der Waals surface area contributed by atoms with E-state index in [-0.39, 0.29) is 6.54 Å². The fourth-order valence-electron chi connectivity index (χ4n) is 0.240. The number of aliphatic carboxylic acids is 1. The van der Waals surface area contributed by atoms with Crippen molar-refractivity contribution < 1.29 is 38.6 Å². The second kappa shape index (κ2) is 6.26. The minimum atomic E-state index is -4.55. The number of rotatable bonds is 3. The van der Waals surface area contributed by atoms with E-state index in [0.29, 0.717) is 0 Å². The summed E-state index contributed by atoms with van der Waals surface area (Å²) in [5, 5.41) is 7.60. The third kappa shape index (κ3) is 22.6. The van der Waals surface area contributed by atoms with Gasteiger partial charge in [0, 0.05) is 0 Å². The predicted molar refractivity (Wildman–Crippen MR) is 45.6 cm³/mol. The molecule has 0 saturated carbocycles. The molecule has 0 atom stereocenters. The number of hydrogen-bond acceptors (Lipinski definition) is 4. The first-order valence-corrected chi connectivity index (χ1v) is 6.58. The average Bonchev–Trinajstić information content (AvgIpc) is 1.80. The van der Waals surface area contributed by atoms with Crippen LogP contribution in [0, 0.1) is 0 Å². The summed E-state index contributed by atoms with van der Waals surface area (Å²) in [6.07, 6.45) is 0. The molecule has 0 aromatic rings. The lowest BCUT2D eigenvalue weighted by atomic mass is 10.7. The highest BCUT2D eigenvalue weighted by atomic mass is 31.2. The van der Waals surface area contributed by atoms with E-state index >= 15 is 0 Å². The monoisotopic (exact) mass is 251 g/mol. The van der Waals surface area contributed by atoms with Crippen LogP contribution in [0.25, 0.3) is 0 Å². The molecule has 0 amide bonds. The lowest BCUT2D eigenvalue weighted by Gasteiger charge is -2.03. The van der Waals surface area contributed by atoms with E-state index in [0.717, 1.165) is 0 Å². The van der Waals surface area contributed by atoms with Gasteiger partial charge < -0.3 is 30.4 Å². The minimum absolute atomic E-state index is 0.278. The standard InChI is InChI=1S/C2H5NO2.CH6O6P2/c3-1-2(4)5;2-8(3,4)1-9(5,6)7/h1,3H2,(H,4,5);1H2,(H2,2,3,4)(H2,5,6,7). The third-order valence-electron chi connectivity index (χ3n) is 0.543. The molecule has 0 aliphatic heterocycles. The lowest BCUT2D eigenvalue weighted by Crippen LogP contribution is -2.10. The summed E-state index contributed by atoms with van der Waals surface area (Å²) in [4.78, 5) is 41.1. The molecular formula is C3H11NO8P2. The highest BCUT2D eigenvalue weighted by Gasteiger charge is 2.26. The number of hydrogen-bond donors (Lipinski definition) is 6. The second-order valence-corrected chi connectivity index (χ2v) is 5.86. The Morgan fingerprint density at radius 2 is 1.29 bits per heavy atom. The van der Waals surface area contributed by atoms with Crippen LogP contribution in [0.1, 0.15) is 0 Å². The van der Waals surface area contributed by atoms with Crippen molar-refractivity contribution >= 4 is 21.2 Å². The van der Waals surface area contributed by atoms with Crippen molar-refractivity contribution in [2.75, 3.05) is 12.4 Å². The van der Waals surface area contributed by atoms with Crippen LogP contribution in [-0.4, -0.2) is 43.1 Å². The van der Waals surface area contributed by atoms with Gasteiger partial charge in [0.05, 0.1) is 6.54 Å². The molecule has 0 saturated heterocycles. The van der Waals surface area contributed by atoms with Gasteiger partial charge in [0.2, 0.25) is 0 Å². The fourth-order valence-corrected chi connectivity index (χ4v) is 2.16. The summed E-state index contributed by atoms with van der Waals surface area (Å²) in [5.41, 5.74) is 4.57. The van der Waals surface area contributed by atoms with Crippen molar-refractivity contribution in [3.63, 3.8) is 0 Å². The van der Waals surface area contributed by atoms with E-state index in [4.69, 9.17) is 24.7 Å². The van der Waals surface area contributed by atoms with Gasteiger partial charge in [-0.2, -0.15) is 0 Å². The summed E-state index contributed by atoms with van der Waals surface area (Å²) in [6, 6.07) is 0. The molecule has 0 aromatic carbocycles. The van der Waals surface area contributed by atoms with Crippen molar-refractivity contribution in [2.45, 2.75) is 0 Å². The van der Waals surface area contributed by atoms with E-state index in [1.807, 2.05) is 0 Å². The summed E-state index contributed by atoms with van der Waals surface area (Å²) in [5.74, 6) is -2.34. The van der Waals surface area contributed by atoms with Crippen LogP contribution in [0.4, 0.5) is 0 Å². The Labute approximate surface area is 78.9 Å². The molecule has 0 radical (unpaired) electrons. The summed E-state index contributed by atoms with van der Waals surface area (Å²) in [6.45, 7) is -0.278. The topological polar surface area (TPSA) is 178 Å². The molecule has 0 fully saturated rings. The summed E-state index contributed by atoms with van der Waals surface area (Å²) < 4.78 is 19.7. The Morgan fingerprint density at radius 3 is 1.29 bits per heavy atom. The SMILES string of the molecule is NCC(=O)O.O=P(O)(O)CP(=O)(O)O. The van der Waals surface area contributed by atoms with Crippen LogP contribution in [-0.2, 0) is 13.9 Å². The van der Waals surface area contributed by atoms with E-state index in [2.05, 4.69) is 5.73 Å². The minimum Gasteiger partial charge on any atom is -0.480 e. The zero-order valence-corrected chi connectivity index (χ0v) is 8.64. The number of carbonyl (C=O) groups is 1. The molecule has 11 heteroatoms. The van der Waals surface area contributed by atoms with Gasteiger partial charge in [-0.1, -0.05) is 0 Å². The fraction of sp³-hybridized carbons (Fsp3) is 0.667. The molecule has 0 bridgehead atoms. The normalized spacial score (nSPS) is 11.5. The third-order valence-corrected chi connectivity index (χ3v) is 3.49. The maximum atomic E-state index is 9.85. The Kier molecular flexibility index (Phi) is 7.23. The Hall–Kier alpha value is -0.270. The van der Waals surface area contributed by atoms with E-state index < -0.39 is 27.1 Å². The Morgan fingerprint density at radius 1 is 1.07 bits per heavy atom.